The molecule has 0 fully saturated rings. The molecular formula is C9H21O3P. The molecule has 80 valence electrons. The topological polar surface area (TPSA) is 46.5 Å². The van der Waals surface area contributed by atoms with Crippen molar-refractivity contribution in [1.82, 2.24) is 0 Å². The number of aliphatic hydroxyl groups is 1. The minimum absolute atomic E-state index is 0.0313. The van der Waals surface area contributed by atoms with E-state index in [0.29, 0.717) is 19.4 Å². The van der Waals surface area contributed by atoms with E-state index in [0.717, 1.165) is 0 Å². The fraction of sp³-hybridized carbons (Fsp3) is 1.00. The molecule has 1 atom stereocenters. The van der Waals surface area contributed by atoms with Crippen molar-refractivity contribution in [2.75, 3.05) is 32.6 Å². The van der Waals surface area contributed by atoms with Crippen LogP contribution in [0.3, 0.4) is 0 Å². The highest BCUT2D eigenvalue weighted by atomic mass is 31.2. The van der Waals surface area contributed by atoms with E-state index in [4.69, 9.17) is 9.84 Å². The van der Waals surface area contributed by atoms with Gasteiger partial charge < -0.3 is 14.4 Å². The molecule has 0 aromatic rings. The molecule has 3 nitrogen and oxygen atoms in total. The number of hydrogen-bond donors (Lipinski definition) is 1. The molecule has 1 unspecified atom stereocenters. The van der Waals surface area contributed by atoms with Crippen LogP contribution in [0.4, 0.5) is 0 Å². The van der Waals surface area contributed by atoms with E-state index in [2.05, 4.69) is 0 Å². The smallest absolute Gasteiger partial charge is 0.0920 e. The van der Waals surface area contributed by atoms with Crippen LogP contribution in [0.5, 0.6) is 0 Å². The van der Waals surface area contributed by atoms with Crippen LogP contribution in [-0.2, 0) is 9.30 Å². The summed E-state index contributed by atoms with van der Waals surface area (Å²) in [6.07, 6.45) is 0.594. The third kappa shape index (κ3) is 4.80. The molecule has 0 saturated heterocycles. The Morgan fingerprint density at radius 1 is 1.31 bits per heavy atom. The molecule has 0 aromatic carbocycles. The van der Waals surface area contributed by atoms with Crippen molar-refractivity contribution >= 4 is 7.14 Å². The van der Waals surface area contributed by atoms with Gasteiger partial charge in [-0.1, -0.05) is 20.8 Å². The van der Waals surface area contributed by atoms with Gasteiger partial charge in [-0.15, -0.1) is 0 Å². The van der Waals surface area contributed by atoms with Gasteiger partial charge in [0, 0.05) is 11.3 Å². The third-order valence-electron chi connectivity index (χ3n) is 2.32. The van der Waals surface area contributed by atoms with Gasteiger partial charge in [-0.2, -0.15) is 0 Å². The van der Waals surface area contributed by atoms with Crippen molar-refractivity contribution in [3.8, 4) is 0 Å². The summed E-state index contributed by atoms with van der Waals surface area (Å²) >= 11 is 0. The van der Waals surface area contributed by atoms with Crippen LogP contribution < -0.4 is 0 Å². The molecule has 0 aliphatic carbocycles. The number of ether oxygens (including phenoxy) is 1. The van der Waals surface area contributed by atoms with Gasteiger partial charge in [0.2, 0.25) is 0 Å². The van der Waals surface area contributed by atoms with E-state index in [1.54, 1.807) is 0 Å². The average Bonchev–Trinajstić information content (AvgIpc) is 1.96. The number of rotatable bonds is 5. The van der Waals surface area contributed by atoms with Crippen LogP contribution in [0.15, 0.2) is 0 Å². The highest BCUT2D eigenvalue weighted by molar-refractivity contribution is 7.64. The quantitative estimate of drug-likeness (QED) is 0.553. The van der Waals surface area contributed by atoms with Gasteiger partial charge in [-0.3, -0.25) is 0 Å². The zero-order valence-corrected chi connectivity index (χ0v) is 9.93. The zero-order chi connectivity index (χ0) is 10.5. The van der Waals surface area contributed by atoms with Crippen molar-refractivity contribution < 1.29 is 14.4 Å². The fourth-order valence-corrected chi connectivity index (χ4v) is 1.89. The van der Waals surface area contributed by atoms with Gasteiger partial charge in [-0.05, 0) is 6.66 Å². The molecule has 0 amide bonds. The van der Waals surface area contributed by atoms with Gasteiger partial charge in [-0.25, -0.2) is 0 Å². The van der Waals surface area contributed by atoms with Crippen LogP contribution in [0, 0.1) is 0 Å². The lowest BCUT2D eigenvalue weighted by Crippen LogP contribution is -2.18. The van der Waals surface area contributed by atoms with E-state index < -0.39 is 7.14 Å². The summed E-state index contributed by atoms with van der Waals surface area (Å²) in [5.74, 6) is 0. The summed E-state index contributed by atoms with van der Waals surface area (Å²) < 4.78 is 17.1. The average molecular weight is 208 g/mol. The largest absolute Gasteiger partial charge is 0.394 e. The highest BCUT2D eigenvalue weighted by Crippen LogP contribution is 2.53. The van der Waals surface area contributed by atoms with Gasteiger partial charge in [0.25, 0.3) is 0 Å². The first-order valence-corrected chi connectivity index (χ1v) is 6.90. The number of aliphatic hydroxyl groups excluding tert-OH is 1. The normalized spacial score (nSPS) is 17.0. The summed E-state index contributed by atoms with van der Waals surface area (Å²) in [5, 5.41) is 8.32. The third-order valence-corrected chi connectivity index (χ3v) is 6.19. The lowest BCUT2D eigenvalue weighted by Gasteiger charge is -2.27. The van der Waals surface area contributed by atoms with Crippen LogP contribution in [0.25, 0.3) is 0 Å². The van der Waals surface area contributed by atoms with E-state index in [-0.39, 0.29) is 11.8 Å². The maximum Gasteiger partial charge on any atom is 0.0920 e. The van der Waals surface area contributed by atoms with E-state index in [1.807, 2.05) is 27.4 Å². The monoisotopic (exact) mass is 208 g/mol. The van der Waals surface area contributed by atoms with Crippen molar-refractivity contribution in [3.05, 3.63) is 0 Å². The highest BCUT2D eigenvalue weighted by Gasteiger charge is 2.30. The van der Waals surface area contributed by atoms with Crippen molar-refractivity contribution in [2.45, 2.75) is 25.9 Å². The Morgan fingerprint density at radius 3 is 2.23 bits per heavy atom. The first-order chi connectivity index (χ1) is 5.81. The van der Waals surface area contributed by atoms with Gasteiger partial charge in [0.1, 0.15) is 0 Å². The predicted octanol–water partition coefficient (Wildman–Crippen LogP) is 1.79. The standard InChI is InChI=1S/C9H21O3P/c1-9(2,3)13(4,11)8-7-12-6-5-10/h10H,5-8H2,1-4H3. The second-order valence-electron chi connectivity index (χ2n) is 4.33. The first-order valence-electron chi connectivity index (χ1n) is 4.56. The Morgan fingerprint density at radius 2 is 1.85 bits per heavy atom. The SMILES string of the molecule is CC(C)(C)P(C)(=O)CCOCCO. The first kappa shape index (κ1) is 13.2. The molecule has 0 heterocycles. The van der Waals surface area contributed by atoms with Crippen molar-refractivity contribution in [2.24, 2.45) is 0 Å². The van der Waals surface area contributed by atoms with Crippen LogP contribution in [-0.4, -0.2) is 42.9 Å². The predicted molar refractivity (Wildman–Crippen MR) is 56.1 cm³/mol. The molecule has 4 heteroatoms. The molecule has 0 saturated carbocycles. The molecule has 0 bridgehead atoms. The molecule has 0 rings (SSSR count). The fourth-order valence-electron chi connectivity index (χ4n) is 0.741. The Labute approximate surface area is 80.9 Å². The Bertz CT molecular complexity index is 184. The summed E-state index contributed by atoms with van der Waals surface area (Å²) in [6, 6.07) is 0. The summed E-state index contributed by atoms with van der Waals surface area (Å²) in [6.45, 7) is 8.62. The van der Waals surface area contributed by atoms with Crippen molar-refractivity contribution in [3.63, 3.8) is 0 Å². The van der Waals surface area contributed by atoms with Gasteiger partial charge >= 0.3 is 0 Å². The summed E-state index contributed by atoms with van der Waals surface area (Å²) in [7, 11) is -2.12. The van der Waals surface area contributed by atoms with Crippen molar-refractivity contribution in [1.29, 1.82) is 0 Å². The molecule has 13 heavy (non-hydrogen) atoms. The second-order valence-corrected chi connectivity index (χ2v) is 8.32. The maximum absolute atomic E-state index is 12.1. The van der Waals surface area contributed by atoms with E-state index in [1.165, 1.54) is 0 Å². The molecule has 0 aliphatic rings. The van der Waals surface area contributed by atoms with Crippen LogP contribution in [0.2, 0.25) is 0 Å². The molecule has 0 spiro atoms. The molecule has 0 aliphatic heterocycles. The molecule has 1 N–H and O–H groups in total. The lowest BCUT2D eigenvalue weighted by atomic mass is 10.3. The van der Waals surface area contributed by atoms with Crippen LogP contribution >= 0.6 is 7.14 Å². The van der Waals surface area contributed by atoms with Gasteiger partial charge in [0.05, 0.1) is 27.0 Å². The van der Waals surface area contributed by atoms with E-state index in [9.17, 15) is 4.57 Å². The van der Waals surface area contributed by atoms with Crippen LogP contribution in [0.1, 0.15) is 20.8 Å². The van der Waals surface area contributed by atoms with Gasteiger partial charge in [0.15, 0.2) is 0 Å². The minimum Gasteiger partial charge on any atom is -0.394 e. The minimum atomic E-state index is -2.12. The Hall–Kier alpha value is 0.150. The summed E-state index contributed by atoms with van der Waals surface area (Å²) in [5.41, 5.74) is 0. The molecular weight excluding hydrogens is 187 g/mol. The Kier molecular flexibility index (Phi) is 5.19. The lowest BCUT2D eigenvalue weighted by molar-refractivity contribution is 0.102. The second kappa shape index (κ2) is 5.14. The number of hydrogen-bond acceptors (Lipinski definition) is 3. The molecule has 0 radical (unpaired) electrons. The zero-order valence-electron chi connectivity index (χ0n) is 9.04. The Balaban J connectivity index is 3.84. The van der Waals surface area contributed by atoms with E-state index >= 15 is 0 Å². The molecule has 0 aromatic heterocycles. The maximum atomic E-state index is 12.1. The summed E-state index contributed by atoms with van der Waals surface area (Å²) in [4.78, 5) is 0.